The fraction of sp³-hybridized carbons (Fsp3) is 0.722. The Morgan fingerprint density at radius 3 is 2.48 bits per heavy atom. The van der Waals surface area contributed by atoms with E-state index in [0.717, 1.165) is 0 Å². The largest absolute Gasteiger partial charge is 0.394 e. The van der Waals surface area contributed by atoms with Gasteiger partial charge in [-0.1, -0.05) is 13.8 Å². The van der Waals surface area contributed by atoms with Crippen molar-refractivity contribution in [1.82, 2.24) is 18.7 Å². The Labute approximate surface area is 157 Å². The average molecular weight is 382 g/mol. The number of aliphatic hydroxyl groups excluding tert-OH is 2. The topological polar surface area (TPSA) is 123 Å². The first-order chi connectivity index (χ1) is 12.8. The number of imidazole rings is 1. The molecule has 0 spiro atoms. The minimum atomic E-state index is -1.02. The number of fused-ring (bicyclic) bond motifs is 1. The summed E-state index contributed by atoms with van der Waals surface area (Å²) in [4.78, 5) is 29.5. The van der Waals surface area contributed by atoms with E-state index >= 15 is 0 Å². The van der Waals surface area contributed by atoms with E-state index in [1.807, 2.05) is 13.8 Å². The third-order valence-corrected chi connectivity index (χ3v) is 5.31. The molecule has 2 rings (SSSR count). The standard InChI is InChI=1S/C18H30N4O5/c1-4-18(27,5-2)8-6-7-9-22-16(25)14-15(20(3)17(22)26)19-12-21(14)10-13(24)11-23/h12-13,23-24,27H,4-11H2,1-3H3. The second kappa shape index (κ2) is 8.81. The Balaban J connectivity index is 2.28. The molecule has 0 bridgehead atoms. The Morgan fingerprint density at radius 2 is 1.89 bits per heavy atom. The van der Waals surface area contributed by atoms with Crippen molar-refractivity contribution in [3.8, 4) is 0 Å². The maximum atomic E-state index is 12.9. The zero-order valence-corrected chi connectivity index (χ0v) is 16.3. The van der Waals surface area contributed by atoms with Gasteiger partial charge in [0.25, 0.3) is 5.56 Å². The van der Waals surface area contributed by atoms with Crippen LogP contribution in [0.15, 0.2) is 15.9 Å². The van der Waals surface area contributed by atoms with Crippen molar-refractivity contribution in [2.75, 3.05) is 6.61 Å². The third-order valence-electron chi connectivity index (χ3n) is 5.31. The highest BCUT2D eigenvalue weighted by atomic mass is 16.3. The summed E-state index contributed by atoms with van der Waals surface area (Å²) in [6.45, 7) is 3.72. The third kappa shape index (κ3) is 4.48. The lowest BCUT2D eigenvalue weighted by Crippen LogP contribution is -2.40. The van der Waals surface area contributed by atoms with Gasteiger partial charge in [-0.3, -0.25) is 13.9 Å². The fourth-order valence-electron chi connectivity index (χ4n) is 3.27. The van der Waals surface area contributed by atoms with Gasteiger partial charge in [-0.25, -0.2) is 9.78 Å². The first-order valence-corrected chi connectivity index (χ1v) is 9.44. The fourth-order valence-corrected chi connectivity index (χ4v) is 3.27. The van der Waals surface area contributed by atoms with E-state index in [-0.39, 0.29) is 24.3 Å². The van der Waals surface area contributed by atoms with Gasteiger partial charge >= 0.3 is 5.69 Å². The van der Waals surface area contributed by atoms with Crippen LogP contribution in [0.5, 0.6) is 0 Å². The normalized spacial score (nSPS) is 13.4. The number of aliphatic hydroxyl groups is 3. The predicted molar refractivity (Wildman–Crippen MR) is 102 cm³/mol. The van der Waals surface area contributed by atoms with Crippen LogP contribution in [0, 0.1) is 0 Å². The van der Waals surface area contributed by atoms with Crippen LogP contribution in [0.1, 0.15) is 46.0 Å². The highest BCUT2D eigenvalue weighted by molar-refractivity contribution is 5.69. The lowest BCUT2D eigenvalue weighted by atomic mass is 9.91. The molecule has 2 heterocycles. The van der Waals surface area contributed by atoms with Crippen molar-refractivity contribution in [2.24, 2.45) is 7.05 Å². The molecule has 0 aliphatic carbocycles. The van der Waals surface area contributed by atoms with Gasteiger partial charge in [0.05, 0.1) is 31.2 Å². The molecule has 0 radical (unpaired) electrons. The molecule has 0 aliphatic heterocycles. The maximum absolute atomic E-state index is 12.9. The first kappa shape index (κ1) is 21.3. The summed E-state index contributed by atoms with van der Waals surface area (Å²) >= 11 is 0. The van der Waals surface area contributed by atoms with Crippen molar-refractivity contribution < 1.29 is 15.3 Å². The molecule has 9 nitrogen and oxygen atoms in total. The molecule has 0 fully saturated rings. The monoisotopic (exact) mass is 382 g/mol. The first-order valence-electron chi connectivity index (χ1n) is 9.44. The molecule has 27 heavy (non-hydrogen) atoms. The molecule has 1 unspecified atom stereocenters. The molecule has 1 atom stereocenters. The zero-order valence-electron chi connectivity index (χ0n) is 16.3. The highest BCUT2D eigenvalue weighted by Gasteiger charge is 2.22. The molecule has 0 saturated carbocycles. The summed E-state index contributed by atoms with van der Waals surface area (Å²) in [7, 11) is 1.55. The zero-order chi connectivity index (χ0) is 20.2. The van der Waals surface area contributed by atoms with Gasteiger partial charge < -0.3 is 19.9 Å². The number of nitrogens with zero attached hydrogens (tertiary/aromatic N) is 4. The molecule has 0 saturated heterocycles. The lowest BCUT2D eigenvalue weighted by Gasteiger charge is -2.25. The van der Waals surface area contributed by atoms with E-state index in [1.165, 1.54) is 20.0 Å². The maximum Gasteiger partial charge on any atom is 0.332 e. The number of aromatic nitrogens is 4. The summed E-state index contributed by atoms with van der Waals surface area (Å²) in [5, 5.41) is 29.1. The SMILES string of the molecule is CCC(O)(CC)CCCCn1c(=O)c2c(ncn2CC(O)CO)n(C)c1=O. The van der Waals surface area contributed by atoms with Gasteiger partial charge in [0.15, 0.2) is 11.2 Å². The second-order valence-electron chi connectivity index (χ2n) is 7.09. The van der Waals surface area contributed by atoms with Crippen molar-refractivity contribution in [2.45, 2.75) is 70.7 Å². The van der Waals surface area contributed by atoms with E-state index in [9.17, 15) is 19.8 Å². The van der Waals surface area contributed by atoms with Crippen LogP contribution >= 0.6 is 0 Å². The van der Waals surface area contributed by atoms with Gasteiger partial charge in [0.2, 0.25) is 0 Å². The molecule has 3 N–H and O–H groups in total. The van der Waals surface area contributed by atoms with Crippen LogP contribution in [0.2, 0.25) is 0 Å². The summed E-state index contributed by atoms with van der Waals surface area (Å²) in [6, 6.07) is 0. The molecule has 0 amide bonds. The van der Waals surface area contributed by atoms with Gasteiger partial charge in [0.1, 0.15) is 0 Å². The molecule has 152 valence electrons. The predicted octanol–water partition coefficient (Wildman–Crippen LogP) is -0.0287. The van der Waals surface area contributed by atoms with Gasteiger partial charge in [-0.2, -0.15) is 0 Å². The van der Waals surface area contributed by atoms with Crippen LogP contribution in [-0.2, 0) is 20.1 Å². The minimum absolute atomic E-state index is 0.0144. The second-order valence-corrected chi connectivity index (χ2v) is 7.09. The van der Waals surface area contributed by atoms with E-state index < -0.39 is 29.6 Å². The molecule has 9 heteroatoms. The average Bonchev–Trinajstić information content (AvgIpc) is 3.09. The van der Waals surface area contributed by atoms with Gasteiger partial charge in [-0.05, 0) is 32.1 Å². The quantitative estimate of drug-likeness (QED) is 0.496. The molecule has 0 aliphatic rings. The molecule has 2 aromatic rings. The summed E-state index contributed by atoms with van der Waals surface area (Å²) in [5.74, 6) is 0. The summed E-state index contributed by atoms with van der Waals surface area (Å²) in [5.41, 5.74) is -1.13. The van der Waals surface area contributed by atoms with Crippen LogP contribution in [0.4, 0.5) is 0 Å². The minimum Gasteiger partial charge on any atom is -0.394 e. The van der Waals surface area contributed by atoms with Gasteiger partial charge in [-0.15, -0.1) is 0 Å². The van der Waals surface area contributed by atoms with Crippen LogP contribution < -0.4 is 11.2 Å². The molecule has 2 aromatic heterocycles. The summed E-state index contributed by atoms with van der Waals surface area (Å²) in [6.07, 6.45) is 3.63. The Kier molecular flexibility index (Phi) is 6.96. The molecular formula is C18H30N4O5. The van der Waals surface area contributed by atoms with Crippen LogP contribution in [0.25, 0.3) is 11.2 Å². The van der Waals surface area contributed by atoms with Crippen molar-refractivity contribution in [3.05, 3.63) is 27.2 Å². The van der Waals surface area contributed by atoms with Crippen molar-refractivity contribution in [3.63, 3.8) is 0 Å². The van der Waals surface area contributed by atoms with E-state index in [2.05, 4.69) is 4.98 Å². The van der Waals surface area contributed by atoms with Crippen LogP contribution in [0.3, 0.4) is 0 Å². The number of rotatable bonds is 10. The Hall–Kier alpha value is -1.97. The molecule has 0 aromatic carbocycles. The number of aryl methyl sites for hydroxylation is 1. The smallest absolute Gasteiger partial charge is 0.332 e. The number of hydrogen-bond acceptors (Lipinski definition) is 6. The van der Waals surface area contributed by atoms with E-state index in [4.69, 9.17) is 5.11 Å². The Bertz CT molecular complexity index is 878. The van der Waals surface area contributed by atoms with Crippen molar-refractivity contribution >= 4 is 11.2 Å². The Morgan fingerprint density at radius 1 is 1.22 bits per heavy atom. The van der Waals surface area contributed by atoms with E-state index in [1.54, 1.807) is 7.05 Å². The number of unbranched alkanes of at least 4 members (excludes halogenated alkanes) is 1. The van der Waals surface area contributed by atoms with E-state index in [0.29, 0.717) is 32.1 Å². The lowest BCUT2D eigenvalue weighted by molar-refractivity contribution is 0.0210. The number of hydrogen-bond donors (Lipinski definition) is 3. The molecular weight excluding hydrogens is 352 g/mol. The highest BCUT2D eigenvalue weighted by Crippen LogP contribution is 2.21. The van der Waals surface area contributed by atoms with Crippen LogP contribution in [-0.4, -0.2) is 52.3 Å². The summed E-state index contributed by atoms with van der Waals surface area (Å²) < 4.78 is 3.94. The van der Waals surface area contributed by atoms with Gasteiger partial charge in [0, 0.05) is 13.6 Å². The van der Waals surface area contributed by atoms with Crippen molar-refractivity contribution in [1.29, 1.82) is 0 Å².